The van der Waals surface area contributed by atoms with Crippen LogP contribution in [0.2, 0.25) is 0 Å². The van der Waals surface area contributed by atoms with Crippen molar-refractivity contribution in [2.24, 2.45) is 0 Å². The standard InChI is InChI=1S/C20H27BrO2/c1-4-16(21)10-8-9-13-23-19-14-15(3)20(22-5-2)18-12-7-6-11-17(18)19/h6-7,11-12,14,16H,4-5,8-10,13H2,1-3H3. The van der Waals surface area contributed by atoms with Gasteiger partial charge in [-0.3, -0.25) is 0 Å². The topological polar surface area (TPSA) is 18.5 Å². The Morgan fingerprint density at radius 1 is 1.04 bits per heavy atom. The minimum Gasteiger partial charge on any atom is -0.493 e. The highest BCUT2D eigenvalue weighted by Gasteiger charge is 2.11. The molecule has 0 bridgehead atoms. The maximum Gasteiger partial charge on any atom is 0.130 e. The summed E-state index contributed by atoms with van der Waals surface area (Å²) in [5.41, 5.74) is 1.13. The van der Waals surface area contributed by atoms with E-state index < -0.39 is 0 Å². The van der Waals surface area contributed by atoms with Crippen molar-refractivity contribution in [1.82, 2.24) is 0 Å². The highest BCUT2D eigenvalue weighted by Crippen LogP contribution is 2.36. The van der Waals surface area contributed by atoms with Crippen LogP contribution >= 0.6 is 15.9 Å². The molecule has 2 aromatic carbocycles. The molecular formula is C20H27BrO2. The van der Waals surface area contributed by atoms with Crippen molar-refractivity contribution in [3.8, 4) is 11.5 Å². The van der Waals surface area contributed by atoms with E-state index in [1.54, 1.807) is 0 Å². The van der Waals surface area contributed by atoms with E-state index >= 15 is 0 Å². The molecule has 3 heteroatoms. The van der Waals surface area contributed by atoms with Gasteiger partial charge in [-0.05, 0) is 51.2 Å². The van der Waals surface area contributed by atoms with Crippen LogP contribution in [0.1, 0.15) is 45.1 Å². The lowest BCUT2D eigenvalue weighted by Gasteiger charge is -2.15. The normalized spacial score (nSPS) is 12.3. The van der Waals surface area contributed by atoms with Crippen LogP contribution in [0.25, 0.3) is 10.8 Å². The highest BCUT2D eigenvalue weighted by atomic mass is 79.9. The van der Waals surface area contributed by atoms with Crippen LogP contribution in [-0.4, -0.2) is 18.0 Å². The van der Waals surface area contributed by atoms with Gasteiger partial charge in [-0.2, -0.15) is 0 Å². The molecule has 0 saturated heterocycles. The lowest BCUT2D eigenvalue weighted by Crippen LogP contribution is -2.02. The van der Waals surface area contributed by atoms with Crippen LogP contribution in [0.15, 0.2) is 30.3 Å². The Morgan fingerprint density at radius 3 is 2.48 bits per heavy atom. The average Bonchev–Trinajstić information content (AvgIpc) is 2.57. The summed E-state index contributed by atoms with van der Waals surface area (Å²) in [5, 5.41) is 2.27. The van der Waals surface area contributed by atoms with Crippen LogP contribution in [0, 0.1) is 6.92 Å². The Kier molecular flexibility index (Phi) is 7.22. The lowest BCUT2D eigenvalue weighted by atomic mass is 10.0. The van der Waals surface area contributed by atoms with Gasteiger partial charge < -0.3 is 9.47 Å². The molecule has 23 heavy (non-hydrogen) atoms. The molecule has 0 aliphatic rings. The van der Waals surface area contributed by atoms with Crippen LogP contribution in [0.4, 0.5) is 0 Å². The molecule has 0 spiro atoms. The fraction of sp³-hybridized carbons (Fsp3) is 0.500. The Bertz CT molecular complexity index is 624. The minimum absolute atomic E-state index is 0.635. The van der Waals surface area contributed by atoms with Crippen molar-refractivity contribution in [2.45, 2.75) is 51.3 Å². The summed E-state index contributed by atoms with van der Waals surface area (Å²) in [6.07, 6.45) is 4.67. The molecule has 1 atom stereocenters. The summed E-state index contributed by atoms with van der Waals surface area (Å²) in [6, 6.07) is 10.4. The number of unbranched alkanes of at least 4 members (excludes halogenated alkanes) is 1. The predicted molar refractivity (Wildman–Crippen MR) is 102 cm³/mol. The molecule has 0 aliphatic heterocycles. The van der Waals surface area contributed by atoms with Crippen molar-refractivity contribution in [3.63, 3.8) is 0 Å². The maximum atomic E-state index is 6.08. The molecular weight excluding hydrogens is 352 g/mol. The third kappa shape index (κ3) is 4.87. The van der Waals surface area contributed by atoms with E-state index in [0.29, 0.717) is 11.4 Å². The Labute approximate surface area is 148 Å². The van der Waals surface area contributed by atoms with Crippen LogP contribution < -0.4 is 9.47 Å². The van der Waals surface area contributed by atoms with Gasteiger partial charge in [0, 0.05) is 15.6 Å². The second kappa shape index (κ2) is 9.17. The predicted octanol–water partition coefficient (Wildman–Crippen LogP) is 6.27. The van der Waals surface area contributed by atoms with Gasteiger partial charge in [-0.25, -0.2) is 0 Å². The number of aryl methyl sites for hydroxylation is 1. The molecule has 0 N–H and O–H groups in total. The summed E-state index contributed by atoms with van der Waals surface area (Å²) < 4.78 is 11.9. The molecule has 2 nitrogen and oxygen atoms in total. The average molecular weight is 379 g/mol. The molecule has 0 amide bonds. The van der Waals surface area contributed by atoms with E-state index in [0.717, 1.165) is 40.9 Å². The third-order valence-electron chi connectivity index (χ3n) is 4.04. The van der Waals surface area contributed by atoms with E-state index in [1.165, 1.54) is 19.3 Å². The van der Waals surface area contributed by atoms with E-state index in [1.807, 2.05) is 6.92 Å². The number of alkyl halides is 1. The molecule has 1 unspecified atom stereocenters. The van der Waals surface area contributed by atoms with E-state index in [4.69, 9.17) is 9.47 Å². The molecule has 2 rings (SSSR count). The number of fused-ring (bicyclic) bond motifs is 1. The number of benzene rings is 2. The molecule has 0 aromatic heterocycles. The fourth-order valence-corrected chi connectivity index (χ4v) is 3.08. The van der Waals surface area contributed by atoms with E-state index in [9.17, 15) is 0 Å². The maximum absolute atomic E-state index is 6.08. The molecule has 0 heterocycles. The van der Waals surface area contributed by atoms with Gasteiger partial charge in [0.25, 0.3) is 0 Å². The Morgan fingerprint density at radius 2 is 1.78 bits per heavy atom. The zero-order chi connectivity index (χ0) is 16.7. The molecule has 0 radical (unpaired) electrons. The van der Waals surface area contributed by atoms with E-state index in [-0.39, 0.29) is 0 Å². The molecule has 0 saturated carbocycles. The van der Waals surface area contributed by atoms with Gasteiger partial charge in [0.1, 0.15) is 11.5 Å². The number of rotatable bonds is 9. The second-order valence-electron chi connectivity index (χ2n) is 5.85. The fourth-order valence-electron chi connectivity index (χ4n) is 2.76. The van der Waals surface area contributed by atoms with Crippen molar-refractivity contribution < 1.29 is 9.47 Å². The van der Waals surface area contributed by atoms with Gasteiger partial charge in [0.05, 0.1) is 13.2 Å². The quantitative estimate of drug-likeness (QED) is 0.378. The molecule has 0 aliphatic carbocycles. The van der Waals surface area contributed by atoms with Crippen LogP contribution in [-0.2, 0) is 0 Å². The minimum atomic E-state index is 0.635. The SMILES string of the molecule is CCOc1c(C)cc(OCCCCC(Br)CC)c2ccccc12. The molecule has 126 valence electrons. The van der Waals surface area contributed by atoms with Gasteiger partial charge in [-0.1, -0.05) is 47.1 Å². The number of hydrogen-bond acceptors (Lipinski definition) is 2. The first-order valence-electron chi connectivity index (χ1n) is 8.59. The largest absolute Gasteiger partial charge is 0.493 e. The summed E-state index contributed by atoms with van der Waals surface area (Å²) >= 11 is 3.68. The monoisotopic (exact) mass is 378 g/mol. The van der Waals surface area contributed by atoms with Crippen molar-refractivity contribution in [3.05, 3.63) is 35.9 Å². The highest BCUT2D eigenvalue weighted by molar-refractivity contribution is 9.09. The summed E-state index contributed by atoms with van der Waals surface area (Å²) in [7, 11) is 0. The summed E-state index contributed by atoms with van der Waals surface area (Å²) in [4.78, 5) is 0.635. The number of ether oxygens (including phenoxy) is 2. The Hall–Kier alpha value is -1.22. The number of halogens is 1. The number of hydrogen-bond donors (Lipinski definition) is 0. The molecule has 0 fully saturated rings. The Balaban J connectivity index is 2.07. The second-order valence-corrected chi connectivity index (χ2v) is 7.14. The first-order chi connectivity index (χ1) is 11.2. The van der Waals surface area contributed by atoms with Crippen molar-refractivity contribution >= 4 is 26.7 Å². The first kappa shape index (κ1) is 18.1. The first-order valence-corrected chi connectivity index (χ1v) is 9.50. The molecule has 2 aromatic rings. The zero-order valence-corrected chi connectivity index (χ0v) is 16.0. The van der Waals surface area contributed by atoms with Gasteiger partial charge >= 0.3 is 0 Å². The smallest absolute Gasteiger partial charge is 0.130 e. The van der Waals surface area contributed by atoms with E-state index in [2.05, 4.69) is 60.1 Å². The van der Waals surface area contributed by atoms with Gasteiger partial charge in [0.15, 0.2) is 0 Å². The van der Waals surface area contributed by atoms with Gasteiger partial charge in [-0.15, -0.1) is 0 Å². The van der Waals surface area contributed by atoms with Crippen molar-refractivity contribution in [2.75, 3.05) is 13.2 Å². The van der Waals surface area contributed by atoms with Gasteiger partial charge in [0.2, 0.25) is 0 Å². The van der Waals surface area contributed by atoms with Crippen molar-refractivity contribution in [1.29, 1.82) is 0 Å². The van der Waals surface area contributed by atoms with Crippen LogP contribution in [0.3, 0.4) is 0 Å². The lowest BCUT2D eigenvalue weighted by molar-refractivity contribution is 0.307. The summed E-state index contributed by atoms with van der Waals surface area (Å²) in [6.45, 7) is 7.76. The van der Waals surface area contributed by atoms with Crippen LogP contribution in [0.5, 0.6) is 11.5 Å². The summed E-state index contributed by atoms with van der Waals surface area (Å²) in [5.74, 6) is 1.94. The third-order valence-corrected chi connectivity index (χ3v) is 5.15. The zero-order valence-electron chi connectivity index (χ0n) is 14.4.